The zero-order valence-electron chi connectivity index (χ0n) is 13.5. The first-order valence-corrected chi connectivity index (χ1v) is 8.37. The number of aromatic nitrogens is 1. The van der Waals surface area contributed by atoms with Crippen molar-refractivity contribution in [2.24, 2.45) is 0 Å². The molecule has 1 aromatic carbocycles. The third-order valence-corrected chi connectivity index (χ3v) is 4.21. The summed E-state index contributed by atoms with van der Waals surface area (Å²) < 4.78 is 13.3. The first kappa shape index (κ1) is 17.6. The SMILES string of the molecule is CCN(CC(C)(C)O)C(=O)Cc1csc(-c2cccc(F)c2)n1. The van der Waals surface area contributed by atoms with Crippen molar-refractivity contribution in [1.29, 1.82) is 0 Å². The molecule has 1 heterocycles. The van der Waals surface area contributed by atoms with Crippen LogP contribution in [0, 0.1) is 5.82 Å². The van der Waals surface area contributed by atoms with E-state index in [1.165, 1.54) is 23.5 Å². The molecule has 4 nitrogen and oxygen atoms in total. The largest absolute Gasteiger partial charge is 0.389 e. The van der Waals surface area contributed by atoms with Crippen LogP contribution in [0.2, 0.25) is 0 Å². The number of nitrogens with zero attached hydrogens (tertiary/aromatic N) is 2. The Morgan fingerprint density at radius 1 is 1.43 bits per heavy atom. The van der Waals surface area contributed by atoms with Gasteiger partial charge in [0.1, 0.15) is 10.8 Å². The Kier molecular flexibility index (Phi) is 5.49. The van der Waals surface area contributed by atoms with Crippen LogP contribution in [0.3, 0.4) is 0 Å². The molecule has 0 saturated carbocycles. The molecule has 0 saturated heterocycles. The summed E-state index contributed by atoms with van der Waals surface area (Å²) in [6.45, 7) is 6.04. The van der Waals surface area contributed by atoms with Crippen LogP contribution < -0.4 is 0 Å². The zero-order valence-corrected chi connectivity index (χ0v) is 14.4. The molecule has 0 aliphatic heterocycles. The average molecular weight is 336 g/mol. The van der Waals surface area contributed by atoms with Crippen LogP contribution in [0.15, 0.2) is 29.6 Å². The molecule has 2 rings (SSSR count). The van der Waals surface area contributed by atoms with Gasteiger partial charge in [0.2, 0.25) is 5.91 Å². The molecule has 1 amide bonds. The molecule has 124 valence electrons. The molecule has 0 bridgehead atoms. The number of hydrogen-bond acceptors (Lipinski definition) is 4. The molecule has 2 aromatic rings. The lowest BCUT2D eigenvalue weighted by Gasteiger charge is -2.28. The number of likely N-dealkylation sites (N-methyl/N-ethyl adjacent to an activating group) is 1. The molecule has 0 spiro atoms. The minimum Gasteiger partial charge on any atom is -0.389 e. The minimum atomic E-state index is -0.930. The molecule has 0 unspecified atom stereocenters. The van der Waals surface area contributed by atoms with Gasteiger partial charge in [0, 0.05) is 24.0 Å². The molecule has 0 atom stereocenters. The van der Waals surface area contributed by atoms with Gasteiger partial charge < -0.3 is 10.0 Å². The van der Waals surface area contributed by atoms with Gasteiger partial charge in [-0.25, -0.2) is 9.37 Å². The molecule has 1 N–H and O–H groups in total. The van der Waals surface area contributed by atoms with E-state index in [1.807, 2.05) is 12.3 Å². The van der Waals surface area contributed by atoms with E-state index in [9.17, 15) is 14.3 Å². The summed E-state index contributed by atoms with van der Waals surface area (Å²) in [5.41, 5.74) is 0.437. The summed E-state index contributed by atoms with van der Waals surface area (Å²) >= 11 is 1.39. The monoisotopic (exact) mass is 336 g/mol. The molecular weight excluding hydrogens is 315 g/mol. The molecular formula is C17H21FN2O2S. The van der Waals surface area contributed by atoms with Gasteiger partial charge in [-0.05, 0) is 32.9 Å². The van der Waals surface area contributed by atoms with E-state index in [4.69, 9.17) is 0 Å². The van der Waals surface area contributed by atoms with Crippen molar-refractivity contribution in [1.82, 2.24) is 9.88 Å². The fourth-order valence-corrected chi connectivity index (χ4v) is 3.07. The van der Waals surface area contributed by atoms with Crippen molar-refractivity contribution in [2.45, 2.75) is 32.8 Å². The van der Waals surface area contributed by atoms with Gasteiger partial charge in [0.25, 0.3) is 0 Å². The normalized spacial score (nSPS) is 11.5. The molecule has 23 heavy (non-hydrogen) atoms. The van der Waals surface area contributed by atoms with Crippen molar-refractivity contribution in [3.8, 4) is 10.6 Å². The fraction of sp³-hybridized carbons (Fsp3) is 0.412. The Hall–Kier alpha value is -1.79. The van der Waals surface area contributed by atoms with Crippen LogP contribution in [0.5, 0.6) is 0 Å². The summed E-state index contributed by atoms with van der Waals surface area (Å²) in [4.78, 5) is 18.4. The first-order chi connectivity index (χ1) is 10.8. The molecule has 0 aliphatic rings. The lowest BCUT2D eigenvalue weighted by atomic mass is 10.1. The number of thiazole rings is 1. The Morgan fingerprint density at radius 3 is 2.78 bits per heavy atom. The van der Waals surface area contributed by atoms with Crippen LogP contribution in [0.25, 0.3) is 10.6 Å². The summed E-state index contributed by atoms with van der Waals surface area (Å²) in [7, 11) is 0. The van der Waals surface area contributed by atoms with E-state index in [-0.39, 0.29) is 24.7 Å². The number of aliphatic hydroxyl groups is 1. The van der Waals surface area contributed by atoms with E-state index < -0.39 is 5.60 Å². The second kappa shape index (κ2) is 7.19. The van der Waals surface area contributed by atoms with E-state index in [0.29, 0.717) is 22.8 Å². The Balaban J connectivity index is 2.07. The zero-order chi connectivity index (χ0) is 17.0. The number of rotatable bonds is 6. The molecule has 0 radical (unpaired) electrons. The van der Waals surface area contributed by atoms with Gasteiger partial charge >= 0.3 is 0 Å². The average Bonchev–Trinajstić information content (AvgIpc) is 2.92. The maximum Gasteiger partial charge on any atom is 0.228 e. The quantitative estimate of drug-likeness (QED) is 0.882. The predicted molar refractivity (Wildman–Crippen MR) is 89.8 cm³/mol. The fourth-order valence-electron chi connectivity index (χ4n) is 2.25. The van der Waals surface area contributed by atoms with Gasteiger partial charge in [-0.2, -0.15) is 0 Å². The van der Waals surface area contributed by atoms with E-state index in [0.717, 1.165) is 0 Å². The number of hydrogen-bond donors (Lipinski definition) is 1. The lowest BCUT2D eigenvalue weighted by Crippen LogP contribution is -2.42. The van der Waals surface area contributed by atoms with Crippen LogP contribution in [0.4, 0.5) is 4.39 Å². The second-order valence-corrected chi connectivity index (χ2v) is 6.91. The van der Waals surface area contributed by atoms with E-state index >= 15 is 0 Å². The van der Waals surface area contributed by atoms with Gasteiger partial charge in [-0.15, -0.1) is 11.3 Å². The smallest absolute Gasteiger partial charge is 0.228 e. The predicted octanol–water partition coefficient (Wildman–Crippen LogP) is 3.11. The Morgan fingerprint density at radius 2 is 2.17 bits per heavy atom. The first-order valence-electron chi connectivity index (χ1n) is 7.49. The van der Waals surface area contributed by atoms with Crippen LogP contribution >= 0.6 is 11.3 Å². The summed E-state index contributed by atoms with van der Waals surface area (Å²) in [5.74, 6) is -0.386. The highest BCUT2D eigenvalue weighted by atomic mass is 32.1. The van der Waals surface area contributed by atoms with E-state index in [2.05, 4.69) is 4.98 Å². The summed E-state index contributed by atoms with van der Waals surface area (Å²) in [6.07, 6.45) is 0.176. The number of amides is 1. The van der Waals surface area contributed by atoms with Gasteiger partial charge in [0.15, 0.2) is 0 Å². The van der Waals surface area contributed by atoms with Crippen LogP contribution in [-0.2, 0) is 11.2 Å². The van der Waals surface area contributed by atoms with Crippen molar-refractivity contribution < 1.29 is 14.3 Å². The molecule has 0 fully saturated rings. The van der Waals surface area contributed by atoms with E-state index in [1.54, 1.807) is 30.9 Å². The van der Waals surface area contributed by atoms with Gasteiger partial charge in [-0.1, -0.05) is 12.1 Å². The van der Waals surface area contributed by atoms with Crippen molar-refractivity contribution >= 4 is 17.2 Å². The standard InChI is InChI=1S/C17H21FN2O2S/c1-4-20(11-17(2,3)22)15(21)9-14-10-23-16(19-14)12-6-5-7-13(18)8-12/h5-8,10,22H,4,9,11H2,1-3H3. The van der Waals surface area contributed by atoms with Gasteiger partial charge in [0.05, 0.1) is 17.7 Å². The third kappa shape index (κ3) is 5.11. The summed E-state index contributed by atoms with van der Waals surface area (Å²) in [6, 6.07) is 6.24. The van der Waals surface area contributed by atoms with Crippen LogP contribution in [-0.4, -0.2) is 39.6 Å². The highest BCUT2D eigenvalue weighted by Crippen LogP contribution is 2.24. The molecule has 0 aliphatic carbocycles. The second-order valence-electron chi connectivity index (χ2n) is 6.05. The van der Waals surface area contributed by atoms with Gasteiger partial charge in [-0.3, -0.25) is 4.79 Å². The highest BCUT2D eigenvalue weighted by molar-refractivity contribution is 7.13. The van der Waals surface area contributed by atoms with Crippen LogP contribution in [0.1, 0.15) is 26.5 Å². The Labute approximate surface area is 139 Å². The topological polar surface area (TPSA) is 53.4 Å². The van der Waals surface area contributed by atoms with Crippen molar-refractivity contribution in [2.75, 3.05) is 13.1 Å². The summed E-state index contributed by atoms with van der Waals surface area (Å²) in [5, 5.41) is 12.4. The maximum atomic E-state index is 13.3. The molecule has 1 aromatic heterocycles. The highest BCUT2D eigenvalue weighted by Gasteiger charge is 2.22. The minimum absolute atomic E-state index is 0.0780. The number of carbonyl (C=O) groups excluding carboxylic acids is 1. The maximum absolute atomic E-state index is 13.3. The number of carbonyl (C=O) groups is 1. The number of benzene rings is 1. The Bertz CT molecular complexity index is 679. The van der Waals surface area contributed by atoms with Crippen molar-refractivity contribution in [3.05, 3.63) is 41.2 Å². The lowest BCUT2D eigenvalue weighted by molar-refractivity contribution is -0.133. The number of halogens is 1. The van der Waals surface area contributed by atoms with Crippen molar-refractivity contribution in [3.63, 3.8) is 0 Å². The third-order valence-electron chi connectivity index (χ3n) is 3.27. The molecule has 6 heteroatoms.